The van der Waals surface area contributed by atoms with Gasteiger partial charge in [0.1, 0.15) is 5.76 Å². The molecular formula is C17H15N3O2. The van der Waals surface area contributed by atoms with Gasteiger partial charge in [0.05, 0.1) is 23.1 Å². The minimum Gasteiger partial charge on any atom is -0.463 e. The summed E-state index contributed by atoms with van der Waals surface area (Å²) in [7, 11) is 0. The van der Waals surface area contributed by atoms with Crippen molar-refractivity contribution in [2.45, 2.75) is 13.8 Å². The predicted octanol–water partition coefficient (Wildman–Crippen LogP) is 3.29. The van der Waals surface area contributed by atoms with E-state index in [1.807, 2.05) is 50.2 Å². The van der Waals surface area contributed by atoms with Crippen LogP contribution in [0.5, 0.6) is 0 Å². The molecule has 1 aliphatic rings. The number of nitrogens with zero attached hydrogens (tertiary/aromatic N) is 1. The molecule has 3 heterocycles. The lowest BCUT2D eigenvalue weighted by atomic mass is 9.83. The van der Waals surface area contributed by atoms with E-state index in [4.69, 9.17) is 4.42 Å². The number of nitrogens with one attached hydrogen (secondary N) is 2. The molecule has 1 aromatic carbocycles. The first-order valence-electron chi connectivity index (χ1n) is 7.11. The molecule has 2 N–H and O–H groups in total. The molecule has 5 heteroatoms. The van der Waals surface area contributed by atoms with Crippen LogP contribution in [0.3, 0.4) is 0 Å². The maximum absolute atomic E-state index is 11.9. The third-order valence-corrected chi connectivity index (χ3v) is 4.11. The molecule has 0 fully saturated rings. The number of hydrogen-bond acceptors (Lipinski definition) is 3. The number of H-pyrrole nitrogens is 1. The van der Waals surface area contributed by atoms with Crippen LogP contribution in [0.4, 0.5) is 0 Å². The number of carbonyl (C=O) groups is 1. The van der Waals surface area contributed by atoms with Crippen LogP contribution in [0.1, 0.15) is 19.4 Å². The van der Waals surface area contributed by atoms with Crippen molar-refractivity contribution in [3.05, 3.63) is 48.2 Å². The third-order valence-electron chi connectivity index (χ3n) is 4.11. The van der Waals surface area contributed by atoms with Gasteiger partial charge in [-0.15, -0.1) is 0 Å². The summed E-state index contributed by atoms with van der Waals surface area (Å²) in [6, 6.07) is 11.8. The molecule has 3 aromatic rings. The Balaban J connectivity index is 1.80. The Morgan fingerprint density at radius 1 is 1.18 bits per heavy atom. The molecule has 0 aliphatic carbocycles. The zero-order valence-corrected chi connectivity index (χ0v) is 12.3. The van der Waals surface area contributed by atoms with E-state index in [2.05, 4.69) is 15.5 Å². The number of hydrogen-bond donors (Lipinski definition) is 2. The number of aromatic amines is 1. The fraction of sp³-hybridized carbons (Fsp3) is 0.176. The van der Waals surface area contributed by atoms with Gasteiger partial charge in [0.25, 0.3) is 5.91 Å². The van der Waals surface area contributed by atoms with Crippen molar-refractivity contribution in [2.24, 2.45) is 10.5 Å². The van der Waals surface area contributed by atoms with E-state index in [1.54, 1.807) is 6.26 Å². The predicted molar refractivity (Wildman–Crippen MR) is 84.5 cm³/mol. The molecule has 110 valence electrons. The summed E-state index contributed by atoms with van der Waals surface area (Å²) in [5, 5.41) is 5.25. The number of fused-ring (bicyclic) bond motifs is 1. The van der Waals surface area contributed by atoms with Gasteiger partial charge in [-0.2, -0.15) is 5.10 Å². The number of benzene rings is 1. The summed E-state index contributed by atoms with van der Waals surface area (Å²) < 4.78 is 5.42. The SMILES string of the molecule is CC1(C)C(=O)NN=C1c1ccc2[nH]c(-c3ccco3)cc2c1. The number of hydrazone groups is 1. The number of rotatable bonds is 2. The first-order valence-corrected chi connectivity index (χ1v) is 7.11. The van der Waals surface area contributed by atoms with Gasteiger partial charge < -0.3 is 9.40 Å². The summed E-state index contributed by atoms with van der Waals surface area (Å²) in [5.41, 5.74) is 5.60. The molecular weight excluding hydrogens is 278 g/mol. The number of aromatic nitrogens is 1. The Kier molecular flexibility index (Phi) is 2.54. The van der Waals surface area contributed by atoms with E-state index in [0.717, 1.165) is 33.6 Å². The normalized spacial score (nSPS) is 16.8. The number of carbonyl (C=O) groups excluding carboxylic acids is 1. The van der Waals surface area contributed by atoms with E-state index in [9.17, 15) is 4.79 Å². The van der Waals surface area contributed by atoms with Crippen molar-refractivity contribution >= 4 is 22.5 Å². The van der Waals surface area contributed by atoms with Crippen molar-refractivity contribution in [1.29, 1.82) is 0 Å². The molecule has 5 nitrogen and oxygen atoms in total. The van der Waals surface area contributed by atoms with Gasteiger partial charge in [-0.05, 0) is 49.7 Å². The maximum atomic E-state index is 11.9. The zero-order chi connectivity index (χ0) is 15.3. The monoisotopic (exact) mass is 293 g/mol. The number of furan rings is 1. The van der Waals surface area contributed by atoms with Gasteiger partial charge in [0.15, 0.2) is 0 Å². The minimum atomic E-state index is -0.617. The van der Waals surface area contributed by atoms with Crippen LogP contribution in [0.2, 0.25) is 0 Å². The molecule has 0 atom stereocenters. The lowest BCUT2D eigenvalue weighted by Gasteiger charge is -2.16. The van der Waals surface area contributed by atoms with Crippen LogP contribution < -0.4 is 5.43 Å². The highest BCUT2D eigenvalue weighted by Gasteiger charge is 2.39. The molecule has 0 unspecified atom stereocenters. The van der Waals surface area contributed by atoms with E-state index in [-0.39, 0.29) is 5.91 Å². The summed E-state index contributed by atoms with van der Waals surface area (Å²) in [6.07, 6.45) is 1.65. The van der Waals surface area contributed by atoms with Crippen LogP contribution in [-0.4, -0.2) is 16.6 Å². The third kappa shape index (κ3) is 1.79. The van der Waals surface area contributed by atoms with Crippen LogP contribution >= 0.6 is 0 Å². The van der Waals surface area contributed by atoms with Gasteiger partial charge in [-0.1, -0.05) is 6.07 Å². The highest BCUT2D eigenvalue weighted by Crippen LogP contribution is 2.30. The quantitative estimate of drug-likeness (QED) is 0.761. The second-order valence-electron chi connectivity index (χ2n) is 5.99. The highest BCUT2D eigenvalue weighted by molar-refractivity contribution is 6.19. The molecule has 0 spiro atoms. The summed E-state index contributed by atoms with van der Waals surface area (Å²) in [6.45, 7) is 3.76. The second kappa shape index (κ2) is 4.34. The van der Waals surface area contributed by atoms with Gasteiger partial charge in [0.2, 0.25) is 0 Å². The molecule has 0 saturated carbocycles. The smallest absolute Gasteiger partial charge is 0.251 e. The van der Waals surface area contributed by atoms with E-state index < -0.39 is 5.41 Å². The van der Waals surface area contributed by atoms with Gasteiger partial charge >= 0.3 is 0 Å². The van der Waals surface area contributed by atoms with Crippen LogP contribution in [-0.2, 0) is 4.79 Å². The summed E-state index contributed by atoms with van der Waals surface area (Å²) in [4.78, 5) is 15.2. The fourth-order valence-electron chi connectivity index (χ4n) is 2.76. The van der Waals surface area contributed by atoms with Crippen molar-refractivity contribution in [3.8, 4) is 11.5 Å². The van der Waals surface area contributed by atoms with E-state index >= 15 is 0 Å². The van der Waals surface area contributed by atoms with E-state index in [1.165, 1.54) is 0 Å². The first-order chi connectivity index (χ1) is 10.6. The fourth-order valence-corrected chi connectivity index (χ4v) is 2.76. The van der Waals surface area contributed by atoms with Crippen LogP contribution in [0, 0.1) is 5.41 Å². The van der Waals surface area contributed by atoms with Gasteiger partial charge in [-0.3, -0.25) is 4.79 Å². The zero-order valence-electron chi connectivity index (χ0n) is 12.3. The van der Waals surface area contributed by atoms with Crippen molar-refractivity contribution in [2.75, 3.05) is 0 Å². The highest BCUT2D eigenvalue weighted by atomic mass is 16.3. The lowest BCUT2D eigenvalue weighted by molar-refractivity contribution is -0.125. The molecule has 4 rings (SSSR count). The first kappa shape index (κ1) is 12.9. The largest absolute Gasteiger partial charge is 0.463 e. The van der Waals surface area contributed by atoms with Crippen LogP contribution in [0.15, 0.2) is 52.2 Å². The molecule has 1 aliphatic heterocycles. The molecule has 1 amide bonds. The Morgan fingerprint density at radius 3 is 2.73 bits per heavy atom. The van der Waals surface area contributed by atoms with Crippen molar-refractivity contribution < 1.29 is 9.21 Å². The van der Waals surface area contributed by atoms with Gasteiger partial charge in [-0.25, -0.2) is 5.43 Å². The Labute approximate surface area is 127 Å². The number of amides is 1. The molecule has 0 bridgehead atoms. The second-order valence-corrected chi connectivity index (χ2v) is 5.99. The molecule has 0 radical (unpaired) electrons. The maximum Gasteiger partial charge on any atom is 0.251 e. The average molecular weight is 293 g/mol. The Morgan fingerprint density at radius 2 is 2.05 bits per heavy atom. The van der Waals surface area contributed by atoms with Crippen LogP contribution in [0.25, 0.3) is 22.4 Å². The van der Waals surface area contributed by atoms with Crippen molar-refractivity contribution in [1.82, 2.24) is 10.4 Å². The minimum absolute atomic E-state index is 0.0760. The Bertz CT molecular complexity index is 901. The molecule has 22 heavy (non-hydrogen) atoms. The summed E-state index contributed by atoms with van der Waals surface area (Å²) in [5.74, 6) is 0.723. The molecule has 0 saturated heterocycles. The topological polar surface area (TPSA) is 70.4 Å². The van der Waals surface area contributed by atoms with Gasteiger partial charge in [0, 0.05) is 10.9 Å². The average Bonchev–Trinajstić information content (AvgIpc) is 3.19. The molecule has 2 aromatic heterocycles. The van der Waals surface area contributed by atoms with E-state index in [0.29, 0.717) is 0 Å². The van der Waals surface area contributed by atoms with Crippen molar-refractivity contribution in [3.63, 3.8) is 0 Å². The lowest BCUT2D eigenvalue weighted by Crippen LogP contribution is -2.32. The Hall–Kier alpha value is -2.82. The standard InChI is InChI=1S/C17H15N3O2/c1-17(2)15(19-20-16(17)21)10-5-6-12-11(8-10)9-13(18-12)14-4-3-7-22-14/h3-9,18H,1-2H3,(H,20,21). The summed E-state index contributed by atoms with van der Waals surface area (Å²) >= 11 is 0.